The van der Waals surface area contributed by atoms with E-state index in [9.17, 15) is 9.59 Å². The van der Waals surface area contributed by atoms with Crippen LogP contribution in [0.1, 0.15) is 15.5 Å². The van der Waals surface area contributed by atoms with Gasteiger partial charge in [-0.25, -0.2) is 9.78 Å². The molecule has 1 rings (SSSR count). The second-order valence-corrected chi connectivity index (χ2v) is 3.82. The minimum absolute atomic E-state index is 0.287. The molecular weight excluding hydrogens is 230 g/mol. The first-order valence-corrected chi connectivity index (χ1v) is 5.47. The molecule has 1 heterocycles. The molecule has 16 heavy (non-hydrogen) atoms. The molecule has 0 fully saturated rings. The zero-order valence-corrected chi connectivity index (χ0v) is 9.34. The summed E-state index contributed by atoms with van der Waals surface area (Å²) in [4.78, 5) is 25.8. The lowest BCUT2D eigenvalue weighted by Crippen LogP contribution is -2.37. The number of primary amides is 1. The first-order valence-electron chi connectivity index (χ1n) is 4.59. The Hall–Kier alpha value is -1.67. The third kappa shape index (κ3) is 3.83. The zero-order chi connectivity index (χ0) is 12.0. The number of carbonyl (C=O) groups is 2. The summed E-state index contributed by atoms with van der Waals surface area (Å²) in [5.74, 6) is -0.290. The number of nitrogens with one attached hydrogen (secondary N) is 2. The number of urea groups is 1. The van der Waals surface area contributed by atoms with Crippen molar-refractivity contribution in [3.63, 3.8) is 0 Å². The number of nitrogens with zero attached hydrogens (tertiary/aromatic N) is 1. The maximum Gasteiger partial charge on any atom is 0.312 e. The Morgan fingerprint density at radius 2 is 2.06 bits per heavy atom. The van der Waals surface area contributed by atoms with Crippen molar-refractivity contribution in [3.8, 4) is 0 Å². The fraction of sp³-hybridized carbons (Fsp3) is 0.375. The highest BCUT2D eigenvalue weighted by molar-refractivity contribution is 7.09. The molecule has 1 aromatic rings. The van der Waals surface area contributed by atoms with Crippen molar-refractivity contribution in [1.29, 1.82) is 0 Å². The van der Waals surface area contributed by atoms with Gasteiger partial charge < -0.3 is 22.1 Å². The van der Waals surface area contributed by atoms with Crippen molar-refractivity contribution in [3.05, 3.63) is 16.1 Å². The smallest absolute Gasteiger partial charge is 0.312 e. The van der Waals surface area contributed by atoms with Crippen LogP contribution in [0.15, 0.2) is 5.38 Å². The molecule has 7 nitrogen and oxygen atoms in total. The number of thiazole rings is 1. The molecule has 0 unspecified atom stereocenters. The van der Waals surface area contributed by atoms with Crippen LogP contribution in [0, 0.1) is 0 Å². The van der Waals surface area contributed by atoms with Gasteiger partial charge in [-0.3, -0.25) is 4.79 Å². The quantitative estimate of drug-likeness (QED) is 0.495. The van der Waals surface area contributed by atoms with Crippen LogP contribution in [0.2, 0.25) is 0 Å². The Morgan fingerprint density at radius 1 is 1.38 bits per heavy atom. The third-order valence-electron chi connectivity index (χ3n) is 1.67. The molecule has 0 aliphatic heterocycles. The number of aromatic nitrogens is 1. The van der Waals surface area contributed by atoms with Crippen LogP contribution in [-0.4, -0.2) is 30.0 Å². The minimum Gasteiger partial charge on any atom is -0.352 e. The second kappa shape index (κ2) is 6.03. The number of hydrogen-bond acceptors (Lipinski definition) is 5. The molecule has 8 heteroatoms. The van der Waals surface area contributed by atoms with Gasteiger partial charge in [0.1, 0.15) is 10.7 Å². The fourth-order valence-corrected chi connectivity index (χ4v) is 1.62. The van der Waals surface area contributed by atoms with Crippen LogP contribution in [0.25, 0.3) is 0 Å². The van der Waals surface area contributed by atoms with Gasteiger partial charge in [0.25, 0.3) is 5.91 Å². The lowest BCUT2D eigenvalue weighted by molar-refractivity contribution is 0.0949. The summed E-state index contributed by atoms with van der Waals surface area (Å²) in [7, 11) is 0. The summed E-state index contributed by atoms with van der Waals surface area (Å²) < 4.78 is 0. The summed E-state index contributed by atoms with van der Waals surface area (Å²) in [5.41, 5.74) is 10.6. The van der Waals surface area contributed by atoms with E-state index < -0.39 is 6.03 Å². The molecule has 0 aliphatic rings. The molecule has 88 valence electrons. The van der Waals surface area contributed by atoms with Gasteiger partial charge in [-0.1, -0.05) is 0 Å². The Balaban J connectivity index is 2.32. The Morgan fingerprint density at radius 3 is 2.62 bits per heavy atom. The Labute approximate surface area is 96.2 Å². The molecule has 0 aliphatic carbocycles. The Bertz CT molecular complexity index is 378. The Kier molecular flexibility index (Phi) is 4.67. The van der Waals surface area contributed by atoms with Crippen molar-refractivity contribution < 1.29 is 9.59 Å². The molecule has 0 saturated carbocycles. The van der Waals surface area contributed by atoms with Gasteiger partial charge in [0, 0.05) is 25.0 Å². The first-order chi connectivity index (χ1) is 7.63. The summed E-state index contributed by atoms with van der Waals surface area (Å²) in [6.07, 6.45) is 0. The van der Waals surface area contributed by atoms with Crippen molar-refractivity contribution in [2.24, 2.45) is 11.5 Å². The lowest BCUT2D eigenvalue weighted by Gasteiger charge is -2.03. The van der Waals surface area contributed by atoms with Crippen molar-refractivity contribution >= 4 is 23.3 Å². The molecule has 0 aromatic carbocycles. The largest absolute Gasteiger partial charge is 0.352 e. The van der Waals surface area contributed by atoms with Gasteiger partial charge in [0.05, 0.1) is 0 Å². The van der Waals surface area contributed by atoms with E-state index in [0.29, 0.717) is 23.8 Å². The number of carbonyl (C=O) groups excluding carboxylic acids is 2. The van der Waals surface area contributed by atoms with E-state index in [1.165, 1.54) is 11.3 Å². The van der Waals surface area contributed by atoms with E-state index in [2.05, 4.69) is 15.6 Å². The lowest BCUT2D eigenvalue weighted by atomic mass is 10.4. The van der Waals surface area contributed by atoms with Crippen LogP contribution in [0.5, 0.6) is 0 Å². The summed E-state index contributed by atoms with van der Waals surface area (Å²) in [6.45, 7) is 0.910. The molecule has 1 aromatic heterocycles. The average molecular weight is 243 g/mol. The topological polar surface area (TPSA) is 123 Å². The van der Waals surface area contributed by atoms with Gasteiger partial charge >= 0.3 is 6.03 Å². The van der Waals surface area contributed by atoms with Crippen molar-refractivity contribution in [2.45, 2.75) is 6.54 Å². The van der Waals surface area contributed by atoms with Crippen LogP contribution in [0.3, 0.4) is 0 Å². The average Bonchev–Trinajstić information content (AvgIpc) is 2.72. The zero-order valence-electron chi connectivity index (χ0n) is 8.53. The predicted molar refractivity (Wildman–Crippen MR) is 59.9 cm³/mol. The third-order valence-corrected chi connectivity index (χ3v) is 2.54. The summed E-state index contributed by atoms with van der Waals surface area (Å²) in [5, 5.41) is 7.29. The first kappa shape index (κ1) is 12.4. The number of nitrogens with two attached hydrogens (primary N) is 2. The highest BCUT2D eigenvalue weighted by Gasteiger charge is 2.08. The van der Waals surface area contributed by atoms with Gasteiger partial charge in [-0.2, -0.15) is 0 Å². The molecular formula is C8H13N5O2S. The number of hydrogen-bond donors (Lipinski definition) is 4. The molecule has 0 bridgehead atoms. The molecule has 0 atom stereocenters. The second-order valence-electron chi connectivity index (χ2n) is 2.88. The standard InChI is InChI=1S/C8H13N5O2S/c9-3-6-13-5(4-16-6)7(14)11-1-2-12-8(10)15/h4H,1-3,9H2,(H,11,14)(H3,10,12,15). The normalized spacial score (nSPS) is 9.81. The number of rotatable bonds is 5. The van der Waals surface area contributed by atoms with E-state index in [1.54, 1.807) is 5.38 Å². The van der Waals surface area contributed by atoms with Crippen LogP contribution in [-0.2, 0) is 6.54 Å². The van der Waals surface area contributed by atoms with E-state index in [1.807, 2.05) is 0 Å². The molecule has 0 spiro atoms. The molecule has 0 radical (unpaired) electrons. The molecule has 6 N–H and O–H groups in total. The van der Waals surface area contributed by atoms with E-state index >= 15 is 0 Å². The fourth-order valence-electron chi connectivity index (χ4n) is 0.961. The molecule has 0 saturated heterocycles. The maximum absolute atomic E-state index is 11.5. The monoisotopic (exact) mass is 243 g/mol. The summed E-state index contributed by atoms with van der Waals surface area (Å²) >= 11 is 1.34. The van der Waals surface area contributed by atoms with E-state index in [-0.39, 0.29) is 12.5 Å². The van der Waals surface area contributed by atoms with Crippen LogP contribution < -0.4 is 22.1 Å². The minimum atomic E-state index is -0.617. The van der Waals surface area contributed by atoms with Gasteiger partial charge in [0.2, 0.25) is 0 Å². The highest BCUT2D eigenvalue weighted by Crippen LogP contribution is 2.08. The van der Waals surface area contributed by atoms with Gasteiger partial charge in [-0.05, 0) is 0 Å². The van der Waals surface area contributed by atoms with Gasteiger partial charge in [0.15, 0.2) is 0 Å². The van der Waals surface area contributed by atoms with Crippen LogP contribution in [0.4, 0.5) is 4.79 Å². The van der Waals surface area contributed by atoms with Gasteiger partial charge in [-0.15, -0.1) is 11.3 Å². The highest BCUT2D eigenvalue weighted by atomic mass is 32.1. The SMILES string of the molecule is NCc1nc(C(=O)NCCNC(N)=O)cs1. The van der Waals surface area contributed by atoms with E-state index in [4.69, 9.17) is 11.5 Å². The predicted octanol–water partition coefficient (Wildman–Crippen LogP) is -1.00. The molecule has 3 amide bonds. The number of amides is 3. The van der Waals surface area contributed by atoms with Crippen molar-refractivity contribution in [2.75, 3.05) is 13.1 Å². The van der Waals surface area contributed by atoms with Crippen molar-refractivity contribution in [1.82, 2.24) is 15.6 Å². The van der Waals surface area contributed by atoms with Crippen LogP contribution >= 0.6 is 11.3 Å². The van der Waals surface area contributed by atoms with E-state index in [0.717, 1.165) is 0 Å². The summed E-state index contributed by atoms with van der Waals surface area (Å²) in [6, 6.07) is -0.617. The maximum atomic E-state index is 11.5.